The third-order valence-electron chi connectivity index (χ3n) is 10.5. The summed E-state index contributed by atoms with van der Waals surface area (Å²) >= 11 is 0. The summed E-state index contributed by atoms with van der Waals surface area (Å²) in [5.74, 6) is 1.87. The average molecular weight is 623 g/mol. The van der Waals surface area contributed by atoms with E-state index in [0.29, 0.717) is 12.5 Å². The minimum absolute atomic E-state index is 0.000659. The summed E-state index contributed by atoms with van der Waals surface area (Å²) in [6, 6.07) is 8.43. The van der Waals surface area contributed by atoms with Crippen molar-refractivity contribution in [3.05, 3.63) is 97.7 Å². The largest absolute Gasteiger partial charge is 0.384 e. The number of nitriles is 1. The fourth-order valence-corrected chi connectivity index (χ4v) is 7.23. The predicted octanol–water partition coefficient (Wildman–Crippen LogP) is 8.03. The Bertz CT molecular complexity index is 1420. The topological polar surface area (TPSA) is 68.0 Å². The van der Waals surface area contributed by atoms with Gasteiger partial charge in [0.1, 0.15) is 0 Å². The van der Waals surface area contributed by atoms with E-state index in [0.717, 1.165) is 97.0 Å². The van der Waals surface area contributed by atoms with Gasteiger partial charge in [0, 0.05) is 41.8 Å². The van der Waals surface area contributed by atoms with Gasteiger partial charge in [0.25, 0.3) is 0 Å². The van der Waals surface area contributed by atoms with Gasteiger partial charge < -0.3 is 20.9 Å². The van der Waals surface area contributed by atoms with Gasteiger partial charge in [-0.05, 0) is 87.3 Å². The number of hydrogen-bond donors (Lipinski definition) is 3. The summed E-state index contributed by atoms with van der Waals surface area (Å²) in [4.78, 5) is 2.47. The molecule has 6 heteroatoms. The molecule has 2 fully saturated rings. The number of allylic oxidation sites excluding steroid dienone is 1. The molecule has 1 aliphatic heterocycles. The number of rotatable bonds is 20. The van der Waals surface area contributed by atoms with Crippen molar-refractivity contribution >= 4 is 10.9 Å². The van der Waals surface area contributed by atoms with Crippen LogP contribution in [0, 0.1) is 29.2 Å². The first-order valence-corrected chi connectivity index (χ1v) is 17.6. The molecule has 1 saturated carbocycles. The number of benzene rings is 1. The van der Waals surface area contributed by atoms with Gasteiger partial charge in [0.15, 0.2) is 6.19 Å². The van der Waals surface area contributed by atoms with Gasteiger partial charge in [-0.25, -0.2) is 0 Å². The summed E-state index contributed by atoms with van der Waals surface area (Å²) < 4.78 is 1.68. The molecule has 4 rings (SSSR count). The molecule has 0 radical (unpaired) electrons. The molecule has 6 unspecified atom stereocenters. The van der Waals surface area contributed by atoms with E-state index >= 15 is 0 Å². The van der Waals surface area contributed by atoms with E-state index < -0.39 is 0 Å². The quantitative estimate of drug-likeness (QED) is 0.103. The van der Waals surface area contributed by atoms with Crippen LogP contribution >= 0.6 is 0 Å². The summed E-state index contributed by atoms with van der Waals surface area (Å²) in [5.41, 5.74) is 6.63. The van der Waals surface area contributed by atoms with Gasteiger partial charge in [-0.1, -0.05) is 83.4 Å². The fourth-order valence-electron chi connectivity index (χ4n) is 7.23. The van der Waals surface area contributed by atoms with E-state index in [2.05, 4.69) is 86.3 Å². The Morgan fingerprint density at radius 3 is 2.65 bits per heavy atom. The number of para-hydroxylation sites is 1. The zero-order chi connectivity index (χ0) is 33.2. The minimum Gasteiger partial charge on any atom is -0.384 e. The second-order valence-electron chi connectivity index (χ2n) is 13.5. The average Bonchev–Trinajstić information content (AvgIpc) is 3.78. The van der Waals surface area contributed by atoms with Crippen molar-refractivity contribution in [1.29, 1.82) is 5.26 Å². The van der Waals surface area contributed by atoms with Crippen molar-refractivity contribution in [2.45, 2.75) is 96.7 Å². The van der Waals surface area contributed by atoms with Crippen molar-refractivity contribution in [3.8, 4) is 6.19 Å². The van der Waals surface area contributed by atoms with Crippen LogP contribution in [0.25, 0.3) is 10.9 Å². The third-order valence-corrected chi connectivity index (χ3v) is 10.5. The van der Waals surface area contributed by atoms with Crippen LogP contribution in [-0.4, -0.2) is 47.2 Å². The number of fused-ring (bicyclic) bond motifs is 1. The Morgan fingerprint density at radius 1 is 1.15 bits per heavy atom. The van der Waals surface area contributed by atoms with E-state index in [1.807, 2.05) is 24.4 Å². The number of nitrogens with zero attached hydrogens (tertiary/aromatic N) is 3. The van der Waals surface area contributed by atoms with Gasteiger partial charge in [-0.15, -0.1) is 6.58 Å². The van der Waals surface area contributed by atoms with Crippen molar-refractivity contribution in [3.63, 3.8) is 0 Å². The van der Waals surface area contributed by atoms with Gasteiger partial charge in [0.2, 0.25) is 0 Å². The molecule has 2 heterocycles. The molecule has 3 N–H and O–H groups in total. The molecule has 2 aliphatic rings. The second-order valence-corrected chi connectivity index (χ2v) is 13.5. The van der Waals surface area contributed by atoms with E-state index in [1.165, 1.54) is 24.8 Å². The van der Waals surface area contributed by atoms with Crippen molar-refractivity contribution in [1.82, 2.24) is 25.4 Å². The summed E-state index contributed by atoms with van der Waals surface area (Å²) in [5, 5.41) is 22.2. The lowest BCUT2D eigenvalue weighted by molar-refractivity contribution is 0.188. The number of nitrogens with one attached hydrogen (secondary N) is 3. The highest BCUT2D eigenvalue weighted by atomic mass is 15.2. The lowest BCUT2D eigenvalue weighted by atomic mass is 9.91. The van der Waals surface area contributed by atoms with Crippen LogP contribution in [0.3, 0.4) is 0 Å². The Morgan fingerprint density at radius 2 is 1.93 bits per heavy atom. The van der Waals surface area contributed by atoms with Gasteiger partial charge in [-0.2, -0.15) is 5.26 Å². The van der Waals surface area contributed by atoms with E-state index in [1.54, 1.807) is 4.57 Å². The van der Waals surface area contributed by atoms with Crippen LogP contribution in [0.5, 0.6) is 0 Å². The molecule has 2 aromatic rings. The lowest BCUT2D eigenvalue weighted by Crippen LogP contribution is -2.51. The molecule has 1 aliphatic carbocycles. The zero-order valence-electron chi connectivity index (χ0n) is 28.8. The molecule has 1 aromatic carbocycles. The molecule has 248 valence electrons. The molecule has 6 atom stereocenters. The molecule has 46 heavy (non-hydrogen) atoms. The van der Waals surface area contributed by atoms with Crippen molar-refractivity contribution < 1.29 is 0 Å². The van der Waals surface area contributed by atoms with Crippen molar-refractivity contribution in [2.75, 3.05) is 19.6 Å². The zero-order valence-corrected chi connectivity index (χ0v) is 28.8. The number of aromatic nitrogens is 1. The normalized spacial score (nSPS) is 21.1. The highest BCUT2D eigenvalue weighted by Gasteiger charge is 2.37. The maximum Gasteiger partial charge on any atom is 0.188 e. The lowest BCUT2D eigenvalue weighted by Gasteiger charge is -2.44. The smallest absolute Gasteiger partial charge is 0.188 e. The first kappa shape index (κ1) is 35.2. The number of piperidine rings is 1. The first-order chi connectivity index (χ1) is 22.2. The number of hydrogen-bond acceptors (Lipinski definition) is 5. The highest BCUT2D eigenvalue weighted by Crippen LogP contribution is 2.47. The van der Waals surface area contributed by atoms with Gasteiger partial charge >= 0.3 is 0 Å². The fraction of sp³-hybridized carbons (Fsp3) is 0.525. The van der Waals surface area contributed by atoms with E-state index in [-0.39, 0.29) is 18.1 Å². The van der Waals surface area contributed by atoms with E-state index in [9.17, 15) is 5.26 Å². The molecule has 1 saturated heterocycles. The molecule has 6 nitrogen and oxygen atoms in total. The first-order valence-electron chi connectivity index (χ1n) is 17.6. The molecule has 0 spiro atoms. The van der Waals surface area contributed by atoms with Gasteiger partial charge in [0.05, 0.1) is 23.6 Å². The van der Waals surface area contributed by atoms with Crippen LogP contribution in [0.15, 0.2) is 92.1 Å². The monoisotopic (exact) mass is 622 g/mol. The Hall–Kier alpha value is -3.69. The predicted molar refractivity (Wildman–Crippen MR) is 195 cm³/mol. The van der Waals surface area contributed by atoms with Crippen molar-refractivity contribution in [2.24, 2.45) is 17.8 Å². The minimum atomic E-state index is -0.000659. The Labute approximate surface area is 279 Å². The van der Waals surface area contributed by atoms with Crippen LogP contribution in [0.2, 0.25) is 0 Å². The third kappa shape index (κ3) is 8.56. The second kappa shape index (κ2) is 16.7. The molecule has 0 amide bonds. The van der Waals surface area contributed by atoms with Crippen LogP contribution in [0.1, 0.15) is 77.7 Å². The molecular weight excluding hydrogens is 564 g/mol. The number of likely N-dealkylation sites (tertiary alicyclic amines) is 1. The molecular formula is C40H58N6. The Kier molecular flexibility index (Phi) is 12.8. The summed E-state index contributed by atoms with van der Waals surface area (Å²) in [7, 11) is 0. The highest BCUT2D eigenvalue weighted by molar-refractivity contribution is 5.84. The maximum absolute atomic E-state index is 9.83. The Balaban J connectivity index is 1.52. The van der Waals surface area contributed by atoms with Crippen LogP contribution < -0.4 is 16.0 Å². The molecule has 1 aromatic heterocycles. The summed E-state index contributed by atoms with van der Waals surface area (Å²) in [6.45, 7) is 31.3. The standard InChI is InChI=1S/C40H58N6/c1-9-21-42-31(7)38-19-14-15-23-46(38)32(8)40(29(5)11-3)44-30(6)37(43-22-16-17-33-24-36(33)28(4)10-2)25-34-26-45(27-41)39-20-13-12-18-35(34)39/h9,12-13,18,20,26,29,33,36-38,40,42-44H,1,4,6-8,10-11,14-17,19,21-25H2,2-3,5H3. The van der Waals surface area contributed by atoms with Crippen LogP contribution in [0.4, 0.5) is 0 Å². The SMILES string of the molecule is C=CCNC(=C)C1CCCCN1C(=C)C(NC(=C)C(Cc1cn(C#N)c2ccccc12)NCCCC1CC1C(=C)CC)C(C)CC. The molecule has 0 bridgehead atoms. The van der Waals surface area contributed by atoms with E-state index in [4.69, 9.17) is 6.58 Å². The maximum atomic E-state index is 9.83. The summed E-state index contributed by atoms with van der Waals surface area (Å²) in [6.07, 6.45) is 16.1. The van der Waals surface area contributed by atoms with Gasteiger partial charge in [-0.3, -0.25) is 4.57 Å². The van der Waals surface area contributed by atoms with Crippen LogP contribution in [-0.2, 0) is 6.42 Å².